The molecule has 0 bridgehead atoms. The minimum Gasteiger partial charge on any atom is -0.352 e. The summed E-state index contributed by atoms with van der Waals surface area (Å²) >= 11 is 1.92. The average molecular weight is 425 g/mol. The number of benzene rings is 1. The Hall–Kier alpha value is -1.74. The van der Waals surface area contributed by atoms with Crippen molar-refractivity contribution in [3.8, 4) is 0 Å². The first-order valence-corrected chi connectivity index (χ1v) is 12.3. The standard InChI is InChI=1S/C27H40N2S/c1-21(2)11-9-12-23(5)13-10-14-24(6)17-20-30-26-16-8-7-15-25(26)27-28-18-19-29(27)22(3)4/h7-8,11,13,15-17,22H,9-10,12,14,18-20H2,1-6H3. The van der Waals surface area contributed by atoms with E-state index in [9.17, 15) is 0 Å². The van der Waals surface area contributed by atoms with Crippen molar-refractivity contribution >= 4 is 17.6 Å². The Labute approximate surface area is 189 Å². The van der Waals surface area contributed by atoms with Crippen molar-refractivity contribution in [1.29, 1.82) is 0 Å². The fourth-order valence-electron chi connectivity index (χ4n) is 3.59. The fraction of sp³-hybridized carbons (Fsp3) is 0.519. The van der Waals surface area contributed by atoms with Crippen LogP contribution in [-0.2, 0) is 0 Å². The van der Waals surface area contributed by atoms with Crippen LogP contribution in [0.3, 0.4) is 0 Å². The molecule has 1 aromatic rings. The summed E-state index contributed by atoms with van der Waals surface area (Å²) in [4.78, 5) is 8.56. The van der Waals surface area contributed by atoms with Gasteiger partial charge in [0, 0.05) is 28.8 Å². The Morgan fingerprint density at radius 1 is 1.00 bits per heavy atom. The van der Waals surface area contributed by atoms with Crippen LogP contribution in [0.25, 0.3) is 0 Å². The predicted molar refractivity (Wildman–Crippen MR) is 136 cm³/mol. The van der Waals surface area contributed by atoms with E-state index in [0.717, 1.165) is 38.1 Å². The molecule has 0 amide bonds. The maximum Gasteiger partial charge on any atom is 0.132 e. The van der Waals surface area contributed by atoms with Gasteiger partial charge in [0.15, 0.2) is 0 Å². The van der Waals surface area contributed by atoms with Crippen LogP contribution < -0.4 is 0 Å². The van der Waals surface area contributed by atoms with Crippen LogP contribution in [0, 0.1) is 0 Å². The molecule has 0 aromatic heterocycles. The van der Waals surface area contributed by atoms with E-state index in [2.05, 4.69) is 88.9 Å². The van der Waals surface area contributed by atoms with Gasteiger partial charge in [-0.25, -0.2) is 0 Å². The summed E-state index contributed by atoms with van der Waals surface area (Å²) < 4.78 is 0. The number of aliphatic imine (C=N–C) groups is 1. The van der Waals surface area contributed by atoms with E-state index < -0.39 is 0 Å². The molecule has 1 aromatic carbocycles. The van der Waals surface area contributed by atoms with Crippen molar-refractivity contribution in [2.24, 2.45) is 4.99 Å². The summed E-state index contributed by atoms with van der Waals surface area (Å²) in [5.41, 5.74) is 5.69. The Kier molecular flexibility index (Phi) is 10.5. The van der Waals surface area contributed by atoms with Gasteiger partial charge in [-0.15, -0.1) is 11.8 Å². The van der Waals surface area contributed by atoms with Gasteiger partial charge >= 0.3 is 0 Å². The normalized spacial score (nSPS) is 15.0. The van der Waals surface area contributed by atoms with Gasteiger partial charge in [0.2, 0.25) is 0 Å². The Morgan fingerprint density at radius 2 is 1.67 bits per heavy atom. The van der Waals surface area contributed by atoms with Crippen LogP contribution in [0.4, 0.5) is 0 Å². The topological polar surface area (TPSA) is 15.6 Å². The SMILES string of the molecule is CC(C)=CCCC(C)=CCCC(C)=CCSc1ccccc1C1=NCCN1C(C)C. The molecule has 3 heteroatoms. The average Bonchev–Trinajstić information content (AvgIpc) is 3.18. The molecule has 0 N–H and O–H groups in total. The summed E-state index contributed by atoms with van der Waals surface area (Å²) in [5, 5.41) is 0. The summed E-state index contributed by atoms with van der Waals surface area (Å²) in [6, 6.07) is 9.22. The molecule has 1 aliphatic heterocycles. The molecule has 0 atom stereocenters. The highest BCUT2D eigenvalue weighted by molar-refractivity contribution is 7.99. The summed E-state index contributed by atoms with van der Waals surface area (Å²) in [6.07, 6.45) is 11.8. The molecule has 0 fully saturated rings. The third-order valence-corrected chi connectivity index (χ3v) is 6.42. The van der Waals surface area contributed by atoms with E-state index in [1.165, 1.54) is 39.4 Å². The monoisotopic (exact) mass is 424 g/mol. The van der Waals surface area contributed by atoms with Crippen molar-refractivity contribution in [2.45, 2.75) is 78.2 Å². The van der Waals surface area contributed by atoms with Crippen LogP contribution in [0.15, 0.2) is 69.1 Å². The van der Waals surface area contributed by atoms with Gasteiger partial charge in [0.05, 0.1) is 6.54 Å². The minimum atomic E-state index is 0.491. The Bertz CT molecular complexity index is 795. The Morgan fingerprint density at radius 3 is 2.37 bits per heavy atom. The lowest BCUT2D eigenvalue weighted by atomic mass is 10.1. The van der Waals surface area contributed by atoms with Crippen LogP contribution >= 0.6 is 11.8 Å². The highest BCUT2D eigenvalue weighted by atomic mass is 32.2. The molecule has 0 saturated heterocycles. The quantitative estimate of drug-likeness (QED) is 0.267. The molecule has 0 spiro atoms. The largest absolute Gasteiger partial charge is 0.352 e. The van der Waals surface area contributed by atoms with Gasteiger partial charge < -0.3 is 4.90 Å². The number of hydrogen-bond donors (Lipinski definition) is 0. The van der Waals surface area contributed by atoms with Crippen LogP contribution in [0.1, 0.15) is 72.8 Å². The zero-order valence-corrected chi connectivity index (χ0v) is 20.7. The van der Waals surface area contributed by atoms with Gasteiger partial charge in [-0.2, -0.15) is 0 Å². The van der Waals surface area contributed by atoms with Crippen molar-refractivity contribution in [3.63, 3.8) is 0 Å². The molecule has 1 heterocycles. The smallest absolute Gasteiger partial charge is 0.132 e. The lowest BCUT2D eigenvalue weighted by Gasteiger charge is -2.25. The van der Waals surface area contributed by atoms with E-state index in [0.29, 0.717) is 6.04 Å². The molecule has 0 aliphatic carbocycles. The van der Waals surface area contributed by atoms with Gasteiger partial charge in [-0.1, -0.05) is 53.1 Å². The van der Waals surface area contributed by atoms with Crippen LogP contribution in [0.2, 0.25) is 0 Å². The molecule has 1 aliphatic rings. The lowest BCUT2D eigenvalue weighted by molar-refractivity contribution is 0.381. The van der Waals surface area contributed by atoms with Crippen molar-refractivity contribution < 1.29 is 0 Å². The summed E-state index contributed by atoms with van der Waals surface area (Å²) in [6.45, 7) is 15.3. The van der Waals surface area contributed by atoms with Crippen LogP contribution in [0.5, 0.6) is 0 Å². The lowest BCUT2D eigenvalue weighted by Crippen LogP contribution is -2.35. The summed E-state index contributed by atoms with van der Waals surface area (Å²) in [5.74, 6) is 2.18. The van der Waals surface area contributed by atoms with Crippen molar-refractivity contribution in [3.05, 3.63) is 64.8 Å². The summed E-state index contributed by atoms with van der Waals surface area (Å²) in [7, 11) is 0. The number of amidine groups is 1. The Balaban J connectivity index is 1.86. The second kappa shape index (κ2) is 12.8. The van der Waals surface area contributed by atoms with E-state index >= 15 is 0 Å². The first-order chi connectivity index (χ1) is 14.4. The van der Waals surface area contributed by atoms with Gasteiger partial charge in [-0.3, -0.25) is 4.99 Å². The van der Waals surface area contributed by atoms with Crippen LogP contribution in [-0.4, -0.2) is 35.6 Å². The third-order valence-electron chi connectivity index (χ3n) is 5.42. The van der Waals surface area contributed by atoms with Gasteiger partial charge in [0.25, 0.3) is 0 Å². The molecule has 0 radical (unpaired) electrons. The molecule has 164 valence electrons. The molecular formula is C27H40N2S. The predicted octanol–water partition coefficient (Wildman–Crippen LogP) is 7.67. The number of allylic oxidation sites excluding steroid dienone is 5. The second-order valence-electron chi connectivity index (χ2n) is 8.76. The number of nitrogens with zero attached hydrogens (tertiary/aromatic N) is 2. The molecule has 0 unspecified atom stereocenters. The van der Waals surface area contributed by atoms with E-state index in [-0.39, 0.29) is 0 Å². The first-order valence-electron chi connectivity index (χ1n) is 11.4. The molecular weight excluding hydrogens is 384 g/mol. The van der Waals surface area contributed by atoms with Crippen molar-refractivity contribution in [2.75, 3.05) is 18.8 Å². The second-order valence-corrected chi connectivity index (χ2v) is 9.82. The van der Waals surface area contributed by atoms with Gasteiger partial charge in [0.1, 0.15) is 5.84 Å². The van der Waals surface area contributed by atoms with E-state index in [4.69, 9.17) is 4.99 Å². The molecule has 0 saturated carbocycles. The maximum atomic E-state index is 4.80. The first kappa shape index (κ1) is 24.5. The zero-order chi connectivity index (χ0) is 21.9. The highest BCUT2D eigenvalue weighted by Gasteiger charge is 2.22. The molecule has 2 rings (SSSR count). The minimum absolute atomic E-state index is 0.491. The van der Waals surface area contributed by atoms with Gasteiger partial charge in [-0.05, 0) is 73.3 Å². The third kappa shape index (κ3) is 8.18. The fourth-order valence-corrected chi connectivity index (χ4v) is 4.63. The van der Waals surface area contributed by atoms with E-state index in [1.54, 1.807) is 0 Å². The molecule has 30 heavy (non-hydrogen) atoms. The zero-order valence-electron chi connectivity index (χ0n) is 19.9. The van der Waals surface area contributed by atoms with Crippen molar-refractivity contribution in [1.82, 2.24) is 4.90 Å². The molecule has 2 nitrogen and oxygen atoms in total. The maximum absolute atomic E-state index is 4.80. The highest BCUT2D eigenvalue weighted by Crippen LogP contribution is 2.27. The number of thioether (sulfide) groups is 1. The number of rotatable bonds is 11. The number of hydrogen-bond acceptors (Lipinski definition) is 3. The van der Waals surface area contributed by atoms with E-state index in [1.807, 2.05) is 11.8 Å².